The molecule has 2 aromatic carbocycles. The number of carbonyl (C=O) groups is 4. The number of anilines is 2. The third-order valence-corrected chi connectivity index (χ3v) is 4.65. The highest BCUT2D eigenvalue weighted by molar-refractivity contribution is 8.00. The molecule has 8 nitrogen and oxygen atoms in total. The second-order valence-electron chi connectivity index (χ2n) is 5.82. The van der Waals surface area contributed by atoms with Crippen molar-refractivity contribution in [1.29, 1.82) is 0 Å². The number of aromatic carboxylic acids is 1. The van der Waals surface area contributed by atoms with E-state index in [1.54, 1.807) is 31.2 Å². The molecule has 0 heterocycles. The van der Waals surface area contributed by atoms with Gasteiger partial charge in [0.25, 0.3) is 0 Å². The van der Waals surface area contributed by atoms with Crippen molar-refractivity contribution < 1.29 is 29.4 Å². The maximum Gasteiger partial charge on any atom is 0.335 e. The zero-order valence-corrected chi connectivity index (χ0v) is 16.1. The lowest BCUT2D eigenvalue weighted by Crippen LogP contribution is -2.22. The molecule has 2 rings (SSSR count). The van der Waals surface area contributed by atoms with Crippen LogP contribution in [0, 0.1) is 0 Å². The molecule has 9 heteroatoms. The number of benzene rings is 2. The number of thioether (sulfide) groups is 1. The third kappa shape index (κ3) is 7.15. The maximum atomic E-state index is 12.4. The number of nitrogens with one attached hydrogen (secondary N) is 2. The average Bonchev–Trinajstić information content (AvgIpc) is 2.67. The molecule has 0 radical (unpaired) electrons. The Balaban J connectivity index is 1.96. The average molecular weight is 414 g/mol. The molecule has 0 aliphatic heterocycles. The summed E-state index contributed by atoms with van der Waals surface area (Å²) in [6, 6.07) is 12.6. The number of carboxylic acid groups (broad SMARTS) is 2. The Bertz CT molecular complexity index is 956. The van der Waals surface area contributed by atoms with Crippen LogP contribution in [0.4, 0.5) is 11.4 Å². The van der Waals surface area contributed by atoms with Gasteiger partial charge in [-0.3, -0.25) is 9.59 Å². The van der Waals surface area contributed by atoms with Crippen LogP contribution in [-0.4, -0.2) is 39.2 Å². The summed E-state index contributed by atoms with van der Waals surface area (Å²) in [6.07, 6.45) is 1.65. The van der Waals surface area contributed by atoms with Crippen molar-refractivity contribution >= 4 is 46.9 Å². The van der Waals surface area contributed by atoms with Gasteiger partial charge < -0.3 is 20.8 Å². The Morgan fingerprint density at radius 2 is 1.62 bits per heavy atom. The Morgan fingerprint density at radius 3 is 2.24 bits per heavy atom. The fourth-order valence-corrected chi connectivity index (χ4v) is 3.10. The van der Waals surface area contributed by atoms with Crippen molar-refractivity contribution in [3.8, 4) is 0 Å². The summed E-state index contributed by atoms with van der Waals surface area (Å²) in [5.41, 5.74) is 1.08. The van der Waals surface area contributed by atoms with E-state index in [0.29, 0.717) is 11.4 Å². The van der Waals surface area contributed by atoms with E-state index in [9.17, 15) is 19.2 Å². The topological polar surface area (TPSA) is 133 Å². The summed E-state index contributed by atoms with van der Waals surface area (Å²) in [5.74, 6) is -3.11. The Kier molecular flexibility index (Phi) is 7.55. The smallest absolute Gasteiger partial charge is 0.335 e. The van der Waals surface area contributed by atoms with Crippen molar-refractivity contribution in [2.45, 2.75) is 17.1 Å². The first kappa shape index (κ1) is 21.7. The number of aliphatic carboxylic acids is 1. The Morgan fingerprint density at radius 1 is 0.931 bits per heavy atom. The van der Waals surface area contributed by atoms with Gasteiger partial charge in [0.05, 0.1) is 10.8 Å². The molecule has 0 aromatic heterocycles. The monoisotopic (exact) mass is 414 g/mol. The van der Waals surface area contributed by atoms with Gasteiger partial charge in [-0.05, 0) is 49.4 Å². The van der Waals surface area contributed by atoms with E-state index in [-0.39, 0.29) is 11.5 Å². The zero-order chi connectivity index (χ0) is 21.4. The van der Waals surface area contributed by atoms with Crippen LogP contribution in [-0.2, 0) is 14.4 Å². The summed E-state index contributed by atoms with van der Waals surface area (Å²) in [5, 5.41) is 22.2. The molecule has 0 aliphatic carbocycles. The summed E-state index contributed by atoms with van der Waals surface area (Å²) >= 11 is 1.27. The minimum Gasteiger partial charge on any atom is -0.478 e. The first-order valence-corrected chi connectivity index (χ1v) is 9.25. The maximum absolute atomic E-state index is 12.4. The first-order valence-electron chi connectivity index (χ1n) is 8.37. The highest BCUT2D eigenvalue weighted by Crippen LogP contribution is 2.26. The van der Waals surface area contributed by atoms with Gasteiger partial charge in [0.1, 0.15) is 0 Å². The molecule has 2 amide bonds. The van der Waals surface area contributed by atoms with Gasteiger partial charge in [0, 0.05) is 28.4 Å². The van der Waals surface area contributed by atoms with Crippen LogP contribution in [0.1, 0.15) is 17.3 Å². The van der Waals surface area contributed by atoms with Gasteiger partial charge in [-0.25, -0.2) is 9.59 Å². The SMILES string of the molecule is CC(Sc1cccc(NC(=O)/C=C/C(=O)O)c1)C(=O)Nc1ccc(C(=O)O)cc1. The highest BCUT2D eigenvalue weighted by atomic mass is 32.2. The van der Waals surface area contributed by atoms with Gasteiger partial charge in [0.15, 0.2) is 0 Å². The van der Waals surface area contributed by atoms with E-state index in [4.69, 9.17) is 10.2 Å². The van der Waals surface area contributed by atoms with Crippen molar-refractivity contribution in [2.24, 2.45) is 0 Å². The van der Waals surface area contributed by atoms with Gasteiger partial charge in [-0.1, -0.05) is 6.07 Å². The number of hydrogen-bond donors (Lipinski definition) is 4. The lowest BCUT2D eigenvalue weighted by Gasteiger charge is -2.13. The van der Waals surface area contributed by atoms with E-state index in [0.717, 1.165) is 17.0 Å². The molecule has 29 heavy (non-hydrogen) atoms. The molecule has 0 saturated carbocycles. The standard InChI is InChI=1S/C20H18N2O6S/c1-12(19(26)22-14-7-5-13(6-8-14)20(27)28)29-16-4-2-3-15(11-16)21-17(23)9-10-18(24)25/h2-12H,1H3,(H,21,23)(H,22,26)(H,24,25)(H,27,28)/b10-9+. The fraction of sp³-hybridized carbons (Fsp3) is 0.100. The molecule has 0 spiro atoms. The molecule has 150 valence electrons. The highest BCUT2D eigenvalue weighted by Gasteiger charge is 2.15. The molecule has 1 unspecified atom stereocenters. The molecular formula is C20H18N2O6S. The largest absolute Gasteiger partial charge is 0.478 e. The predicted molar refractivity (Wildman–Crippen MR) is 109 cm³/mol. The van der Waals surface area contributed by atoms with Gasteiger partial charge >= 0.3 is 11.9 Å². The summed E-state index contributed by atoms with van der Waals surface area (Å²) in [6.45, 7) is 1.71. The van der Waals surface area contributed by atoms with Gasteiger partial charge in [-0.2, -0.15) is 0 Å². The Labute approximate surface area is 170 Å². The van der Waals surface area contributed by atoms with Gasteiger partial charge in [0.2, 0.25) is 11.8 Å². The van der Waals surface area contributed by atoms with E-state index in [1.807, 2.05) is 0 Å². The van der Waals surface area contributed by atoms with Crippen LogP contribution >= 0.6 is 11.8 Å². The van der Waals surface area contributed by atoms with E-state index < -0.39 is 23.1 Å². The first-order chi connectivity index (χ1) is 13.7. The predicted octanol–water partition coefficient (Wildman–Crippen LogP) is 3.08. The van der Waals surface area contributed by atoms with E-state index in [2.05, 4.69) is 10.6 Å². The quantitative estimate of drug-likeness (QED) is 0.385. The summed E-state index contributed by atoms with van der Waals surface area (Å²) < 4.78 is 0. The second kappa shape index (κ2) is 10.1. The molecule has 0 bridgehead atoms. The molecule has 0 fully saturated rings. The third-order valence-electron chi connectivity index (χ3n) is 3.56. The Hall–Kier alpha value is -3.59. The summed E-state index contributed by atoms with van der Waals surface area (Å²) in [7, 11) is 0. The number of hydrogen-bond acceptors (Lipinski definition) is 5. The minimum atomic E-state index is -1.22. The molecule has 4 N–H and O–H groups in total. The molecule has 0 saturated heterocycles. The zero-order valence-electron chi connectivity index (χ0n) is 15.3. The van der Waals surface area contributed by atoms with Crippen molar-refractivity contribution in [1.82, 2.24) is 0 Å². The van der Waals surface area contributed by atoms with Crippen molar-refractivity contribution in [3.05, 3.63) is 66.2 Å². The summed E-state index contributed by atoms with van der Waals surface area (Å²) in [4.78, 5) is 46.1. The van der Waals surface area contributed by atoms with Crippen LogP contribution in [0.5, 0.6) is 0 Å². The molecule has 1 atom stereocenters. The van der Waals surface area contributed by atoms with Crippen LogP contribution in [0.25, 0.3) is 0 Å². The normalized spacial score (nSPS) is 11.6. The fourth-order valence-electron chi connectivity index (χ4n) is 2.18. The lowest BCUT2D eigenvalue weighted by atomic mass is 10.2. The number of carboxylic acids is 2. The van der Waals surface area contributed by atoms with Crippen LogP contribution in [0.2, 0.25) is 0 Å². The van der Waals surface area contributed by atoms with E-state index >= 15 is 0 Å². The molecule has 2 aromatic rings. The van der Waals surface area contributed by atoms with Gasteiger partial charge in [-0.15, -0.1) is 11.8 Å². The number of amides is 2. The number of carbonyl (C=O) groups excluding carboxylic acids is 2. The van der Waals surface area contributed by atoms with Crippen molar-refractivity contribution in [3.63, 3.8) is 0 Å². The van der Waals surface area contributed by atoms with Crippen LogP contribution in [0.3, 0.4) is 0 Å². The second-order valence-corrected chi connectivity index (χ2v) is 7.23. The molecule has 0 aliphatic rings. The van der Waals surface area contributed by atoms with Crippen molar-refractivity contribution in [2.75, 3.05) is 10.6 Å². The number of rotatable bonds is 8. The van der Waals surface area contributed by atoms with Crippen LogP contribution in [0.15, 0.2) is 65.6 Å². The van der Waals surface area contributed by atoms with E-state index in [1.165, 1.54) is 36.0 Å². The lowest BCUT2D eigenvalue weighted by molar-refractivity contribution is -0.131. The minimum absolute atomic E-state index is 0.127. The van der Waals surface area contributed by atoms with Crippen LogP contribution < -0.4 is 10.6 Å². The molecular weight excluding hydrogens is 396 g/mol.